The summed E-state index contributed by atoms with van der Waals surface area (Å²) < 4.78 is 0. The van der Waals surface area contributed by atoms with E-state index in [1.165, 1.54) is 12.2 Å². The van der Waals surface area contributed by atoms with Gasteiger partial charge in [-0.05, 0) is 76.2 Å². The van der Waals surface area contributed by atoms with Crippen LogP contribution in [0.25, 0.3) is 0 Å². The first kappa shape index (κ1) is 37.9. The van der Waals surface area contributed by atoms with E-state index in [1.807, 2.05) is 63.5 Å². The normalized spacial score (nSPS) is 17.0. The Bertz CT molecular complexity index is 956. The molecule has 2 aliphatic carbocycles. The fourth-order valence-corrected chi connectivity index (χ4v) is 3.67. The van der Waals surface area contributed by atoms with Gasteiger partial charge in [0.2, 0.25) is 0 Å². The molecule has 0 saturated carbocycles. The summed E-state index contributed by atoms with van der Waals surface area (Å²) in [6.07, 6.45) is 13.7. The van der Waals surface area contributed by atoms with Crippen LogP contribution >= 0.6 is 0 Å². The van der Waals surface area contributed by atoms with E-state index in [1.54, 1.807) is 24.3 Å². The van der Waals surface area contributed by atoms with Gasteiger partial charge in [-0.15, -0.1) is 0 Å². The van der Waals surface area contributed by atoms with Crippen molar-refractivity contribution in [3.05, 3.63) is 71.1 Å². The molecular weight excluding hydrogens is 610 g/mol. The molecule has 0 fully saturated rings. The minimum atomic E-state index is -0.0218. The molecule has 2 rings (SSSR count). The Morgan fingerprint density at radius 3 is 1.21 bits per heavy atom. The first-order chi connectivity index (χ1) is 17.2. The Kier molecular flexibility index (Phi) is 20.6. The molecule has 8 nitrogen and oxygen atoms in total. The van der Waals surface area contributed by atoms with Crippen LogP contribution in [-0.2, 0) is 67.8 Å². The van der Waals surface area contributed by atoms with Gasteiger partial charge >= 0.3 is 0 Å². The molecule has 0 unspecified atom stereocenters. The van der Waals surface area contributed by atoms with Gasteiger partial charge < -0.3 is 35.1 Å². The Morgan fingerprint density at radius 2 is 0.947 bits per heavy atom. The molecule has 0 aromatic rings. The SMILES string of the molecule is CCN(CC)/C([S-])=N/N/C(C)=C1/C=CC=CC1=O.CCN(CC)/C([S-])=N\N/C(C)=C1/C=CC=CC1=O.[Ni].[Ni]. The molecule has 0 aromatic heterocycles. The summed E-state index contributed by atoms with van der Waals surface area (Å²) in [5, 5.41) is 9.24. The van der Waals surface area contributed by atoms with Crippen LogP contribution in [0.4, 0.5) is 0 Å². The number of nitrogens with zero attached hydrogens (tertiary/aromatic N) is 4. The van der Waals surface area contributed by atoms with Gasteiger partial charge in [-0.1, -0.05) is 24.3 Å². The fraction of sp³-hybridized carbons (Fsp3) is 0.385. The second-order valence-electron chi connectivity index (χ2n) is 7.60. The van der Waals surface area contributed by atoms with Crippen molar-refractivity contribution in [2.45, 2.75) is 41.5 Å². The average Bonchev–Trinajstić information content (AvgIpc) is 2.88. The third kappa shape index (κ3) is 12.5. The third-order valence-corrected chi connectivity index (χ3v) is 5.99. The maximum atomic E-state index is 11.6. The van der Waals surface area contributed by atoms with E-state index in [0.717, 1.165) is 26.2 Å². The van der Waals surface area contributed by atoms with Crippen molar-refractivity contribution in [3.63, 3.8) is 0 Å². The Hall–Kier alpha value is -2.25. The van der Waals surface area contributed by atoms with Gasteiger partial charge in [0.05, 0.1) is 0 Å². The van der Waals surface area contributed by atoms with Crippen LogP contribution in [0.1, 0.15) is 41.5 Å². The summed E-state index contributed by atoms with van der Waals surface area (Å²) in [7, 11) is 0. The second-order valence-corrected chi connectivity index (χ2v) is 8.33. The van der Waals surface area contributed by atoms with Crippen molar-refractivity contribution in [1.29, 1.82) is 0 Å². The molecule has 0 spiro atoms. The van der Waals surface area contributed by atoms with Crippen molar-refractivity contribution < 1.29 is 42.6 Å². The molecule has 2 N–H and O–H groups in total. The largest absolute Gasteiger partial charge is 0.741 e. The van der Waals surface area contributed by atoms with E-state index in [-0.39, 0.29) is 44.5 Å². The first-order valence-corrected chi connectivity index (χ1v) is 12.7. The minimum Gasteiger partial charge on any atom is -0.741 e. The van der Waals surface area contributed by atoms with E-state index in [9.17, 15) is 9.59 Å². The first-order valence-electron chi connectivity index (χ1n) is 11.9. The molecule has 0 amide bonds. The number of hydrogen-bond acceptors (Lipinski definition) is 8. The molecule has 0 aromatic carbocycles. The summed E-state index contributed by atoms with van der Waals surface area (Å²) in [6, 6.07) is 0. The van der Waals surface area contributed by atoms with Gasteiger partial charge in [-0.2, -0.15) is 10.2 Å². The molecule has 0 atom stereocenters. The number of carbonyl (C=O) groups excluding carboxylic acids is 2. The Labute approximate surface area is 258 Å². The number of hydrazone groups is 2. The van der Waals surface area contributed by atoms with Gasteiger partial charge in [0.15, 0.2) is 11.6 Å². The quantitative estimate of drug-likeness (QED) is 0.104. The molecule has 0 radical (unpaired) electrons. The third-order valence-electron chi connectivity index (χ3n) is 5.29. The van der Waals surface area contributed by atoms with E-state index in [4.69, 9.17) is 25.3 Å². The number of allylic oxidation sites excluding steroid dienone is 12. The number of rotatable bonds is 8. The van der Waals surface area contributed by atoms with Crippen LogP contribution in [-0.4, -0.2) is 57.9 Å². The van der Waals surface area contributed by atoms with Gasteiger partial charge in [0.25, 0.3) is 0 Å². The number of amidine groups is 2. The zero-order valence-electron chi connectivity index (χ0n) is 22.5. The summed E-state index contributed by atoms with van der Waals surface area (Å²) >= 11 is 10.4. The molecule has 2 aliphatic rings. The predicted molar refractivity (Wildman–Crippen MR) is 154 cm³/mol. The number of ketones is 2. The predicted octanol–water partition coefficient (Wildman–Crippen LogP) is 3.40. The van der Waals surface area contributed by atoms with Gasteiger partial charge in [-0.25, -0.2) is 0 Å². The van der Waals surface area contributed by atoms with Crippen LogP contribution in [0.2, 0.25) is 0 Å². The Balaban J connectivity index is 0. The van der Waals surface area contributed by atoms with E-state index >= 15 is 0 Å². The molecular formula is C26H36N6Ni2O2S2-2. The van der Waals surface area contributed by atoms with E-state index in [2.05, 4.69) is 21.1 Å². The molecule has 0 bridgehead atoms. The Morgan fingerprint density at radius 1 is 0.658 bits per heavy atom. The van der Waals surface area contributed by atoms with Crippen molar-refractivity contribution in [3.8, 4) is 0 Å². The smallest absolute Gasteiger partial charge is 0.187 e. The van der Waals surface area contributed by atoms with Crippen LogP contribution < -0.4 is 10.9 Å². The van der Waals surface area contributed by atoms with Crippen molar-refractivity contribution in [2.75, 3.05) is 26.2 Å². The maximum Gasteiger partial charge on any atom is 0.187 e. The maximum absolute atomic E-state index is 11.6. The van der Waals surface area contributed by atoms with Crippen molar-refractivity contribution in [1.82, 2.24) is 20.7 Å². The van der Waals surface area contributed by atoms with E-state index in [0.29, 0.717) is 32.9 Å². The van der Waals surface area contributed by atoms with Crippen molar-refractivity contribution in [2.24, 2.45) is 10.2 Å². The minimum absolute atomic E-state index is 0. The van der Waals surface area contributed by atoms with Gasteiger partial charge in [0.1, 0.15) is 0 Å². The summed E-state index contributed by atoms with van der Waals surface area (Å²) in [6.45, 7) is 15.0. The van der Waals surface area contributed by atoms with Gasteiger partial charge in [-0.3, -0.25) is 20.4 Å². The monoisotopic (exact) mass is 644 g/mol. The molecule has 38 heavy (non-hydrogen) atoms. The number of carbonyl (C=O) groups is 2. The van der Waals surface area contributed by atoms with Gasteiger partial charge in [0, 0.05) is 81.7 Å². The number of hydrogen-bond donors (Lipinski definition) is 2. The van der Waals surface area contributed by atoms with Crippen LogP contribution in [0.5, 0.6) is 0 Å². The van der Waals surface area contributed by atoms with Crippen LogP contribution in [0.3, 0.4) is 0 Å². The van der Waals surface area contributed by atoms with Crippen LogP contribution in [0.15, 0.2) is 81.4 Å². The molecule has 0 aliphatic heterocycles. The van der Waals surface area contributed by atoms with Crippen molar-refractivity contribution >= 4 is 47.2 Å². The summed E-state index contributed by atoms with van der Waals surface area (Å²) in [5.74, 6) is -0.0436. The molecule has 12 heteroatoms. The molecule has 0 saturated heterocycles. The average molecular weight is 646 g/mol. The fourth-order valence-electron chi connectivity index (χ4n) is 3.07. The number of nitrogens with one attached hydrogen (secondary N) is 2. The summed E-state index contributed by atoms with van der Waals surface area (Å²) in [4.78, 5) is 27.1. The zero-order chi connectivity index (χ0) is 27.1. The van der Waals surface area contributed by atoms with Crippen LogP contribution in [0, 0.1) is 0 Å². The molecule has 0 heterocycles. The van der Waals surface area contributed by atoms with E-state index < -0.39 is 0 Å². The zero-order valence-corrected chi connectivity index (χ0v) is 26.1. The topological polar surface area (TPSA) is 89.4 Å². The second kappa shape index (κ2) is 20.7. The summed E-state index contributed by atoms with van der Waals surface area (Å²) in [5.41, 5.74) is 8.33. The molecule has 216 valence electrons. The standard InChI is InChI=1S/2C13H19N3OS.2Ni/c2*1-4-16(5-2)13(18)15-14-10(3)11-8-6-7-9-12(11)17;;/h2*6-9,14H,4-5H2,1-3H3,(H,15,18);;/p-2/b2*11-10-;;.